The fourth-order valence-electron chi connectivity index (χ4n) is 4.42. The molecule has 0 aliphatic rings. The van der Waals surface area contributed by atoms with Gasteiger partial charge in [0, 0.05) is 22.0 Å². The smallest absolute Gasteiger partial charge is 0.296 e. The number of fused-ring (bicyclic) bond motifs is 1. The number of rotatable bonds is 11. The predicted octanol–water partition coefficient (Wildman–Crippen LogP) is 5.51. The summed E-state index contributed by atoms with van der Waals surface area (Å²) in [6, 6.07) is 11.9. The second-order valence-electron chi connectivity index (χ2n) is 10.1. The largest absolute Gasteiger partial charge is 0.505 e. The molecular formula is C27H19Cl2N7O12S4. The van der Waals surface area contributed by atoms with Gasteiger partial charge in [-0.25, -0.2) is 8.42 Å². The van der Waals surface area contributed by atoms with E-state index in [0.717, 1.165) is 35.9 Å². The standard InChI is InChI=1S/C27H19Cl2N7O12S4/c28-7-8-49(38,39)17-5-2-4-16(12-17)35-36-23-21(52(46,47)48)10-14-9-19(51(43,44)45)13-20(22(14)24(23)37)31-27-33-25(29)32-26(34-27)30-15-3-1-6-18(11-15)50(40,41)42/h1-13,37H,(H,40,41,42)(H,43,44,45)(H,46,47,48)(H2,30,31,32,33,34)/b8-7+,36-35?. The van der Waals surface area contributed by atoms with Crippen LogP contribution in [0.25, 0.3) is 10.8 Å². The third-order valence-electron chi connectivity index (χ3n) is 6.58. The van der Waals surface area contributed by atoms with Gasteiger partial charge < -0.3 is 15.7 Å². The van der Waals surface area contributed by atoms with E-state index in [1.165, 1.54) is 30.3 Å². The minimum absolute atomic E-state index is 0.0613. The summed E-state index contributed by atoms with van der Waals surface area (Å²) < 4.78 is 126. The minimum Gasteiger partial charge on any atom is -0.505 e. The Balaban J connectivity index is 1.67. The van der Waals surface area contributed by atoms with Gasteiger partial charge in [0.25, 0.3) is 30.4 Å². The molecule has 0 aliphatic carbocycles. The van der Waals surface area contributed by atoms with E-state index in [0.29, 0.717) is 11.5 Å². The number of aromatic hydroxyl groups is 1. The van der Waals surface area contributed by atoms with E-state index < -0.39 is 88.6 Å². The third-order valence-corrected chi connectivity index (χ3v) is 11.0. The zero-order valence-electron chi connectivity index (χ0n) is 25.2. The van der Waals surface area contributed by atoms with Gasteiger partial charge in [-0.1, -0.05) is 23.7 Å². The first-order chi connectivity index (χ1) is 24.2. The van der Waals surface area contributed by atoms with Crippen LogP contribution >= 0.6 is 23.2 Å². The average Bonchev–Trinajstić information content (AvgIpc) is 3.02. The number of benzene rings is 4. The summed E-state index contributed by atoms with van der Waals surface area (Å²) in [7, 11) is -18.9. The first kappa shape index (κ1) is 38.4. The number of sulfone groups is 1. The molecular weight excluding hydrogens is 814 g/mol. The van der Waals surface area contributed by atoms with Crippen LogP contribution in [0.2, 0.25) is 5.28 Å². The summed E-state index contributed by atoms with van der Waals surface area (Å²) >= 11 is 11.5. The van der Waals surface area contributed by atoms with E-state index in [2.05, 4.69) is 35.8 Å². The van der Waals surface area contributed by atoms with Gasteiger partial charge >= 0.3 is 0 Å². The lowest BCUT2D eigenvalue weighted by Gasteiger charge is -2.15. The molecule has 272 valence electrons. The molecule has 0 saturated carbocycles. The predicted molar refractivity (Wildman–Crippen MR) is 186 cm³/mol. The fraction of sp³-hybridized carbons (Fsp3) is 0. The van der Waals surface area contributed by atoms with Gasteiger partial charge in [-0.2, -0.15) is 45.3 Å². The van der Waals surface area contributed by atoms with Crippen LogP contribution in [-0.2, 0) is 40.2 Å². The summed E-state index contributed by atoms with van der Waals surface area (Å²) in [5.41, 5.74) is -0.634. The topological polar surface area (TPSA) is 305 Å². The number of nitrogens with zero attached hydrogens (tertiary/aromatic N) is 5. The van der Waals surface area contributed by atoms with Crippen molar-refractivity contribution in [3.8, 4) is 5.75 Å². The van der Waals surface area contributed by atoms with Crippen LogP contribution in [0.15, 0.2) is 107 Å². The maximum absolute atomic E-state index is 12.4. The van der Waals surface area contributed by atoms with Crippen LogP contribution < -0.4 is 10.6 Å². The number of azo groups is 1. The van der Waals surface area contributed by atoms with E-state index in [1.54, 1.807) is 0 Å². The number of phenolic OH excluding ortho intramolecular Hbond substituents is 1. The van der Waals surface area contributed by atoms with Gasteiger partial charge in [-0.3, -0.25) is 13.7 Å². The van der Waals surface area contributed by atoms with Crippen molar-refractivity contribution in [3.63, 3.8) is 0 Å². The molecule has 52 heavy (non-hydrogen) atoms. The Morgan fingerprint density at radius 2 is 1.33 bits per heavy atom. The number of phenols is 1. The Labute approximate surface area is 303 Å². The molecule has 1 aromatic heterocycles. The first-order valence-corrected chi connectivity index (χ1v) is 20.2. The van der Waals surface area contributed by atoms with Crippen molar-refractivity contribution in [2.24, 2.45) is 10.2 Å². The van der Waals surface area contributed by atoms with Crippen LogP contribution in [0.1, 0.15) is 0 Å². The quantitative estimate of drug-likeness (QED) is 0.0706. The molecule has 0 bridgehead atoms. The maximum atomic E-state index is 12.4. The highest BCUT2D eigenvalue weighted by atomic mass is 35.5. The molecule has 0 unspecified atom stereocenters. The molecule has 0 fully saturated rings. The number of hydrogen-bond acceptors (Lipinski definition) is 16. The molecule has 5 aromatic rings. The molecule has 0 aliphatic heterocycles. The second-order valence-corrected chi connectivity index (χ2v) is 16.8. The molecule has 5 rings (SSSR count). The van der Waals surface area contributed by atoms with Gasteiger partial charge in [0.2, 0.25) is 27.0 Å². The molecule has 6 N–H and O–H groups in total. The zero-order chi connectivity index (χ0) is 38.2. The molecule has 25 heteroatoms. The van der Waals surface area contributed by atoms with E-state index in [9.17, 15) is 52.4 Å². The summed E-state index contributed by atoms with van der Waals surface area (Å²) in [5.74, 6) is -1.79. The lowest BCUT2D eigenvalue weighted by atomic mass is 10.1. The highest BCUT2D eigenvalue weighted by Crippen LogP contribution is 2.45. The van der Waals surface area contributed by atoms with E-state index in [1.807, 2.05) is 0 Å². The van der Waals surface area contributed by atoms with Crippen molar-refractivity contribution in [1.29, 1.82) is 0 Å². The number of halogens is 2. The number of nitrogens with one attached hydrogen (secondary N) is 2. The molecule has 0 radical (unpaired) electrons. The lowest BCUT2D eigenvalue weighted by molar-refractivity contribution is 0.472. The Morgan fingerprint density at radius 1 is 0.692 bits per heavy atom. The average molecular weight is 833 g/mol. The maximum Gasteiger partial charge on any atom is 0.296 e. The lowest BCUT2D eigenvalue weighted by Crippen LogP contribution is -2.06. The number of aromatic nitrogens is 3. The van der Waals surface area contributed by atoms with Crippen LogP contribution in [0.4, 0.5) is 34.6 Å². The molecule has 1 heterocycles. The molecule has 0 spiro atoms. The minimum atomic E-state index is -5.24. The Kier molecular flexibility index (Phi) is 10.5. The molecule has 0 amide bonds. The van der Waals surface area contributed by atoms with Crippen LogP contribution in [0.5, 0.6) is 5.75 Å². The van der Waals surface area contributed by atoms with E-state index in [-0.39, 0.29) is 27.6 Å². The SMILES string of the molecule is O=S(=O)(O)c1cccc(Nc2nc(Cl)nc(Nc3cc(S(=O)(=O)O)cc4cc(S(=O)(=O)O)c(N=Nc5cccc(S(=O)(=O)/C=C/Cl)c5)c(O)c34)n2)c1. The van der Waals surface area contributed by atoms with Crippen LogP contribution in [-0.4, -0.2) is 67.4 Å². The van der Waals surface area contributed by atoms with Gasteiger partial charge in [0.05, 0.1) is 26.1 Å². The van der Waals surface area contributed by atoms with Crippen molar-refractivity contribution < 1.29 is 52.4 Å². The molecule has 0 atom stereocenters. The van der Waals surface area contributed by atoms with E-state index in [4.69, 9.17) is 23.2 Å². The Morgan fingerprint density at radius 3 is 1.96 bits per heavy atom. The van der Waals surface area contributed by atoms with Crippen molar-refractivity contribution in [2.45, 2.75) is 19.6 Å². The van der Waals surface area contributed by atoms with Crippen molar-refractivity contribution >= 4 is 109 Å². The Hall–Kier alpha value is -4.85. The molecule has 19 nitrogen and oxygen atoms in total. The summed E-state index contributed by atoms with van der Waals surface area (Å²) in [5, 5.41) is 23.6. The van der Waals surface area contributed by atoms with Crippen molar-refractivity contribution in [3.05, 3.63) is 83.0 Å². The molecule has 0 saturated heterocycles. The first-order valence-electron chi connectivity index (χ1n) is 13.5. The summed E-state index contributed by atoms with van der Waals surface area (Å²) in [6.07, 6.45) is 0. The summed E-state index contributed by atoms with van der Waals surface area (Å²) in [6.45, 7) is 0. The highest BCUT2D eigenvalue weighted by molar-refractivity contribution is 7.94. The van der Waals surface area contributed by atoms with E-state index >= 15 is 0 Å². The third kappa shape index (κ3) is 8.77. The highest BCUT2D eigenvalue weighted by Gasteiger charge is 2.26. The molecule has 4 aromatic carbocycles. The van der Waals surface area contributed by atoms with Crippen molar-refractivity contribution in [2.75, 3.05) is 10.6 Å². The summed E-state index contributed by atoms with van der Waals surface area (Å²) in [4.78, 5) is 9.15. The number of anilines is 4. The number of hydrogen-bond donors (Lipinski definition) is 6. The van der Waals surface area contributed by atoms with Gasteiger partial charge in [0.15, 0.2) is 5.75 Å². The second kappa shape index (κ2) is 14.3. The van der Waals surface area contributed by atoms with Crippen LogP contribution in [0, 0.1) is 0 Å². The fourth-order valence-corrected chi connectivity index (χ4v) is 7.56. The van der Waals surface area contributed by atoms with Crippen molar-refractivity contribution in [1.82, 2.24) is 15.0 Å². The monoisotopic (exact) mass is 831 g/mol. The van der Waals surface area contributed by atoms with Gasteiger partial charge in [0.1, 0.15) is 10.6 Å². The normalized spacial score (nSPS) is 12.9. The van der Waals surface area contributed by atoms with Crippen LogP contribution in [0.3, 0.4) is 0 Å². The Bertz CT molecular complexity index is 2790. The van der Waals surface area contributed by atoms with Gasteiger partial charge in [-0.05, 0) is 71.6 Å². The zero-order valence-corrected chi connectivity index (χ0v) is 30.0. The van der Waals surface area contributed by atoms with Gasteiger partial charge in [-0.15, -0.1) is 5.11 Å².